The molecule has 1 aromatic carbocycles. The average molecular weight is 245 g/mol. The van der Waals surface area contributed by atoms with Gasteiger partial charge < -0.3 is 5.32 Å². The first-order chi connectivity index (χ1) is 8.34. The quantitative estimate of drug-likeness (QED) is 0.849. The Kier molecular flexibility index (Phi) is 3.17. The van der Waals surface area contributed by atoms with E-state index >= 15 is 0 Å². The number of hydrogen-bond acceptors (Lipinski definition) is 2. The molecule has 2 heteroatoms. The molecular weight excluding hydrogens is 226 g/mol. The molecule has 0 saturated carbocycles. The molecule has 3 rings (SSSR count). The Morgan fingerprint density at radius 1 is 1.24 bits per heavy atom. The molecule has 1 aliphatic heterocycles. The van der Waals surface area contributed by atoms with Crippen LogP contribution in [-0.4, -0.2) is 13.1 Å². The first kappa shape index (κ1) is 11.2. The van der Waals surface area contributed by atoms with E-state index in [1.165, 1.54) is 47.3 Å². The molecule has 0 spiro atoms. The van der Waals surface area contributed by atoms with Gasteiger partial charge in [0.2, 0.25) is 0 Å². The summed E-state index contributed by atoms with van der Waals surface area (Å²) in [5, 5.41) is 4.94. The molecular formula is C15H19NS. The van der Waals surface area contributed by atoms with Crippen LogP contribution in [0.3, 0.4) is 0 Å². The Bertz CT molecular complexity index is 509. The minimum Gasteiger partial charge on any atom is -0.317 e. The lowest BCUT2D eigenvalue weighted by Gasteiger charge is -2.22. The van der Waals surface area contributed by atoms with E-state index in [0.29, 0.717) is 0 Å². The van der Waals surface area contributed by atoms with Crippen LogP contribution in [-0.2, 0) is 6.42 Å². The Morgan fingerprint density at radius 2 is 2.00 bits per heavy atom. The van der Waals surface area contributed by atoms with Gasteiger partial charge in [-0.2, -0.15) is 0 Å². The summed E-state index contributed by atoms with van der Waals surface area (Å²) in [6.45, 7) is 4.68. The second-order valence-corrected chi connectivity index (χ2v) is 6.29. The van der Waals surface area contributed by atoms with Gasteiger partial charge in [0, 0.05) is 9.58 Å². The van der Waals surface area contributed by atoms with Crippen LogP contribution in [0.4, 0.5) is 0 Å². The molecule has 17 heavy (non-hydrogen) atoms. The van der Waals surface area contributed by atoms with Crippen LogP contribution in [0.25, 0.3) is 10.1 Å². The number of thiophene rings is 1. The van der Waals surface area contributed by atoms with E-state index in [1.54, 1.807) is 5.56 Å². The number of hydrogen-bond donors (Lipinski definition) is 1. The average Bonchev–Trinajstić information content (AvgIpc) is 2.68. The molecule has 0 aliphatic carbocycles. The van der Waals surface area contributed by atoms with Gasteiger partial charge in [-0.1, -0.05) is 18.2 Å². The highest BCUT2D eigenvalue weighted by Crippen LogP contribution is 2.33. The number of piperidine rings is 1. The van der Waals surface area contributed by atoms with Crippen LogP contribution in [0, 0.1) is 12.8 Å². The van der Waals surface area contributed by atoms with Crippen molar-refractivity contribution < 1.29 is 0 Å². The maximum absolute atomic E-state index is 3.45. The largest absolute Gasteiger partial charge is 0.317 e. The first-order valence-electron chi connectivity index (χ1n) is 6.52. The topological polar surface area (TPSA) is 12.0 Å². The summed E-state index contributed by atoms with van der Waals surface area (Å²) < 4.78 is 1.45. The summed E-state index contributed by atoms with van der Waals surface area (Å²) in [4.78, 5) is 1.52. The van der Waals surface area contributed by atoms with Crippen molar-refractivity contribution in [1.29, 1.82) is 0 Å². The van der Waals surface area contributed by atoms with Crippen molar-refractivity contribution in [1.82, 2.24) is 5.32 Å². The first-order valence-corrected chi connectivity index (χ1v) is 7.34. The minimum atomic E-state index is 0.882. The van der Waals surface area contributed by atoms with Crippen molar-refractivity contribution in [3.8, 4) is 0 Å². The summed E-state index contributed by atoms with van der Waals surface area (Å²) in [6, 6.07) is 8.85. The van der Waals surface area contributed by atoms with Gasteiger partial charge in [0.05, 0.1) is 0 Å². The molecule has 1 aliphatic rings. The fraction of sp³-hybridized carbons (Fsp3) is 0.467. The second kappa shape index (κ2) is 4.79. The number of nitrogens with one attached hydrogen (secondary N) is 1. The van der Waals surface area contributed by atoms with Crippen molar-refractivity contribution in [2.75, 3.05) is 13.1 Å². The predicted molar refractivity (Wildman–Crippen MR) is 75.9 cm³/mol. The summed E-state index contributed by atoms with van der Waals surface area (Å²) >= 11 is 1.95. The van der Waals surface area contributed by atoms with Crippen LogP contribution in [0.2, 0.25) is 0 Å². The lowest BCUT2D eigenvalue weighted by molar-refractivity contribution is 0.373. The summed E-state index contributed by atoms with van der Waals surface area (Å²) in [5.41, 5.74) is 1.61. The van der Waals surface area contributed by atoms with Gasteiger partial charge in [0.15, 0.2) is 0 Å². The van der Waals surface area contributed by atoms with Gasteiger partial charge in [-0.25, -0.2) is 0 Å². The number of fused-ring (bicyclic) bond motifs is 1. The fourth-order valence-electron chi connectivity index (χ4n) is 2.85. The second-order valence-electron chi connectivity index (χ2n) is 5.03. The Morgan fingerprint density at radius 3 is 2.82 bits per heavy atom. The monoisotopic (exact) mass is 245 g/mol. The van der Waals surface area contributed by atoms with Gasteiger partial charge in [-0.15, -0.1) is 11.3 Å². The predicted octanol–water partition coefficient (Wildman–Crippen LogP) is 3.75. The smallest absolute Gasteiger partial charge is 0.0348 e. The summed E-state index contributed by atoms with van der Waals surface area (Å²) in [6.07, 6.45) is 3.95. The van der Waals surface area contributed by atoms with Gasteiger partial charge in [-0.3, -0.25) is 0 Å². The Hall–Kier alpha value is -0.860. The molecule has 0 amide bonds. The highest BCUT2D eigenvalue weighted by atomic mass is 32.1. The van der Waals surface area contributed by atoms with E-state index in [1.807, 2.05) is 11.3 Å². The molecule has 0 radical (unpaired) electrons. The fourth-order valence-corrected chi connectivity index (χ4v) is 3.94. The van der Waals surface area contributed by atoms with E-state index in [-0.39, 0.29) is 0 Å². The molecule has 90 valence electrons. The van der Waals surface area contributed by atoms with Crippen molar-refractivity contribution in [2.24, 2.45) is 5.92 Å². The molecule has 1 aromatic heterocycles. The van der Waals surface area contributed by atoms with Crippen LogP contribution >= 0.6 is 11.3 Å². The zero-order valence-corrected chi connectivity index (χ0v) is 11.1. The van der Waals surface area contributed by atoms with Crippen molar-refractivity contribution in [3.05, 3.63) is 34.7 Å². The molecule has 2 heterocycles. The van der Waals surface area contributed by atoms with Gasteiger partial charge in [0.25, 0.3) is 0 Å². The third kappa shape index (κ3) is 2.24. The number of benzene rings is 1. The maximum atomic E-state index is 3.45. The number of aryl methyl sites for hydroxylation is 1. The molecule has 0 bridgehead atoms. The molecule has 1 saturated heterocycles. The van der Waals surface area contributed by atoms with Gasteiger partial charge in [0.1, 0.15) is 0 Å². The number of rotatable bonds is 2. The van der Waals surface area contributed by atoms with E-state index in [0.717, 1.165) is 5.92 Å². The van der Waals surface area contributed by atoms with Gasteiger partial charge >= 0.3 is 0 Å². The van der Waals surface area contributed by atoms with Crippen LogP contribution in [0.5, 0.6) is 0 Å². The summed E-state index contributed by atoms with van der Waals surface area (Å²) in [5.74, 6) is 0.882. The van der Waals surface area contributed by atoms with Crippen LogP contribution in [0.1, 0.15) is 23.3 Å². The standard InChI is InChI=1S/C15H19NS/c1-11-14(10-12-6-8-16-9-7-12)13-4-2-3-5-15(13)17-11/h2-5,12,16H,6-10H2,1H3. The third-order valence-corrected chi connectivity index (χ3v) is 4.98. The van der Waals surface area contributed by atoms with Gasteiger partial charge in [-0.05, 0) is 62.2 Å². The Labute approximate surface area is 107 Å². The lowest BCUT2D eigenvalue weighted by Crippen LogP contribution is -2.28. The van der Waals surface area contributed by atoms with Crippen LogP contribution < -0.4 is 5.32 Å². The van der Waals surface area contributed by atoms with E-state index in [2.05, 4.69) is 36.5 Å². The van der Waals surface area contributed by atoms with E-state index < -0.39 is 0 Å². The molecule has 0 atom stereocenters. The molecule has 1 N–H and O–H groups in total. The van der Waals surface area contributed by atoms with E-state index in [4.69, 9.17) is 0 Å². The zero-order valence-electron chi connectivity index (χ0n) is 10.3. The SMILES string of the molecule is Cc1sc2ccccc2c1CC1CCNCC1. The summed E-state index contributed by atoms with van der Waals surface area (Å²) in [7, 11) is 0. The molecule has 1 nitrogen and oxygen atoms in total. The molecule has 0 unspecified atom stereocenters. The zero-order chi connectivity index (χ0) is 11.7. The van der Waals surface area contributed by atoms with E-state index in [9.17, 15) is 0 Å². The normalized spacial score (nSPS) is 17.7. The molecule has 2 aromatic rings. The van der Waals surface area contributed by atoms with Crippen LogP contribution in [0.15, 0.2) is 24.3 Å². The van der Waals surface area contributed by atoms with Crippen molar-refractivity contribution >= 4 is 21.4 Å². The minimum absolute atomic E-state index is 0.882. The highest BCUT2D eigenvalue weighted by molar-refractivity contribution is 7.19. The van der Waals surface area contributed by atoms with Crippen molar-refractivity contribution in [2.45, 2.75) is 26.2 Å². The lowest BCUT2D eigenvalue weighted by atomic mass is 9.90. The highest BCUT2D eigenvalue weighted by Gasteiger charge is 2.17. The Balaban J connectivity index is 1.90. The third-order valence-electron chi connectivity index (χ3n) is 3.85. The maximum Gasteiger partial charge on any atom is 0.0348 e. The molecule has 1 fully saturated rings. The van der Waals surface area contributed by atoms with Crippen molar-refractivity contribution in [3.63, 3.8) is 0 Å².